The Labute approximate surface area is 140 Å². The average Bonchev–Trinajstić information content (AvgIpc) is 2.93. The van der Waals surface area contributed by atoms with Crippen LogP contribution < -0.4 is 5.32 Å². The van der Waals surface area contributed by atoms with E-state index in [4.69, 9.17) is 16.0 Å². The van der Waals surface area contributed by atoms with E-state index in [0.29, 0.717) is 34.2 Å². The molecule has 0 unspecified atom stereocenters. The first-order valence-electron chi connectivity index (χ1n) is 8.65. The zero-order valence-corrected chi connectivity index (χ0v) is 13.7. The summed E-state index contributed by atoms with van der Waals surface area (Å²) in [5.41, 5.74) is 0.713. The molecule has 4 heteroatoms. The fourth-order valence-corrected chi connectivity index (χ4v) is 5.69. The molecule has 3 nitrogen and oxygen atoms in total. The summed E-state index contributed by atoms with van der Waals surface area (Å²) >= 11 is 6.00. The molecule has 2 aromatic rings. The second-order valence-electron chi connectivity index (χ2n) is 7.72. The van der Waals surface area contributed by atoms with E-state index in [-0.39, 0.29) is 5.91 Å². The first kappa shape index (κ1) is 13.9. The van der Waals surface area contributed by atoms with Crippen molar-refractivity contribution in [2.75, 3.05) is 0 Å². The second-order valence-corrected chi connectivity index (χ2v) is 8.16. The largest absolute Gasteiger partial charge is 0.451 e. The van der Waals surface area contributed by atoms with Crippen LogP contribution in [0.15, 0.2) is 28.7 Å². The van der Waals surface area contributed by atoms with Crippen molar-refractivity contribution in [1.82, 2.24) is 5.32 Å². The lowest BCUT2D eigenvalue weighted by molar-refractivity contribution is -0.0122. The number of fused-ring (bicyclic) bond motifs is 1. The maximum absolute atomic E-state index is 12.7. The van der Waals surface area contributed by atoms with Crippen LogP contribution in [-0.4, -0.2) is 11.9 Å². The Kier molecular flexibility index (Phi) is 3.03. The highest BCUT2D eigenvalue weighted by Crippen LogP contribution is 2.53. The smallest absolute Gasteiger partial charge is 0.287 e. The first-order valence-corrected chi connectivity index (χ1v) is 9.03. The van der Waals surface area contributed by atoms with Crippen LogP contribution in [0.25, 0.3) is 11.0 Å². The molecule has 1 N–H and O–H groups in total. The number of halogens is 1. The highest BCUT2D eigenvalue weighted by molar-refractivity contribution is 6.31. The van der Waals surface area contributed by atoms with Gasteiger partial charge in [-0.15, -0.1) is 0 Å². The summed E-state index contributed by atoms with van der Waals surface area (Å²) in [7, 11) is 0. The maximum atomic E-state index is 12.7. The number of furan rings is 1. The predicted molar refractivity (Wildman–Crippen MR) is 89.5 cm³/mol. The van der Waals surface area contributed by atoms with Gasteiger partial charge in [0.15, 0.2) is 5.76 Å². The molecular formula is C19H20ClNO2. The number of hydrogen-bond acceptors (Lipinski definition) is 2. The van der Waals surface area contributed by atoms with Crippen LogP contribution in [0.5, 0.6) is 0 Å². The summed E-state index contributed by atoms with van der Waals surface area (Å²) in [5, 5.41) is 4.83. The molecule has 0 radical (unpaired) electrons. The van der Waals surface area contributed by atoms with Crippen molar-refractivity contribution >= 4 is 28.5 Å². The molecule has 4 aliphatic carbocycles. The molecule has 120 valence electrons. The quantitative estimate of drug-likeness (QED) is 0.872. The third-order valence-corrected chi connectivity index (χ3v) is 6.46. The molecule has 6 rings (SSSR count). The Morgan fingerprint density at radius 2 is 1.74 bits per heavy atom. The number of rotatable bonds is 2. The topological polar surface area (TPSA) is 42.2 Å². The van der Waals surface area contributed by atoms with E-state index in [1.165, 1.54) is 32.1 Å². The van der Waals surface area contributed by atoms with Crippen molar-refractivity contribution < 1.29 is 9.21 Å². The molecule has 23 heavy (non-hydrogen) atoms. The Bertz CT molecular complexity index is 753. The highest BCUT2D eigenvalue weighted by Gasteiger charge is 2.48. The van der Waals surface area contributed by atoms with Crippen molar-refractivity contribution in [3.05, 3.63) is 35.0 Å². The van der Waals surface area contributed by atoms with Crippen molar-refractivity contribution in [2.45, 2.75) is 38.1 Å². The number of carbonyl (C=O) groups is 1. The van der Waals surface area contributed by atoms with Crippen LogP contribution in [0.1, 0.15) is 42.7 Å². The lowest BCUT2D eigenvalue weighted by Crippen LogP contribution is -2.55. The van der Waals surface area contributed by atoms with Crippen LogP contribution in [0, 0.1) is 23.7 Å². The van der Waals surface area contributed by atoms with Crippen molar-refractivity contribution in [1.29, 1.82) is 0 Å². The Morgan fingerprint density at radius 1 is 1.04 bits per heavy atom. The third-order valence-electron chi connectivity index (χ3n) is 6.23. The van der Waals surface area contributed by atoms with Crippen molar-refractivity contribution in [3.63, 3.8) is 0 Å². The van der Waals surface area contributed by atoms with Gasteiger partial charge in [0, 0.05) is 16.5 Å². The molecular weight excluding hydrogens is 310 g/mol. The maximum Gasteiger partial charge on any atom is 0.287 e. The molecule has 1 aromatic heterocycles. The second kappa shape index (κ2) is 5.01. The number of amides is 1. The van der Waals surface area contributed by atoms with Gasteiger partial charge in [0.1, 0.15) is 5.58 Å². The lowest BCUT2D eigenvalue weighted by Gasteiger charge is -2.54. The van der Waals surface area contributed by atoms with Gasteiger partial charge in [0.25, 0.3) is 5.91 Å². The summed E-state index contributed by atoms with van der Waals surface area (Å²) in [6.07, 6.45) is 6.63. The van der Waals surface area contributed by atoms with Crippen molar-refractivity contribution in [3.8, 4) is 0 Å². The van der Waals surface area contributed by atoms with E-state index in [0.717, 1.165) is 17.2 Å². The third kappa shape index (κ3) is 2.28. The van der Waals surface area contributed by atoms with E-state index in [1.807, 2.05) is 12.1 Å². The molecule has 1 amide bonds. The molecule has 0 atom stereocenters. The Hall–Kier alpha value is -1.48. The minimum absolute atomic E-state index is 0.0743. The molecule has 1 aromatic carbocycles. The zero-order valence-electron chi connectivity index (χ0n) is 12.9. The van der Waals surface area contributed by atoms with E-state index in [9.17, 15) is 4.79 Å². The monoisotopic (exact) mass is 329 g/mol. The molecule has 0 aliphatic heterocycles. The number of nitrogens with one attached hydrogen (secondary N) is 1. The zero-order chi connectivity index (χ0) is 15.6. The molecule has 4 aliphatic rings. The van der Waals surface area contributed by atoms with Gasteiger partial charge < -0.3 is 9.73 Å². The molecule has 1 heterocycles. The molecule has 0 spiro atoms. The fourth-order valence-electron chi connectivity index (χ4n) is 5.51. The molecule has 4 fully saturated rings. The fraction of sp³-hybridized carbons (Fsp3) is 0.526. The van der Waals surface area contributed by atoms with E-state index in [2.05, 4.69) is 5.32 Å². The van der Waals surface area contributed by atoms with Crippen LogP contribution >= 0.6 is 11.6 Å². The minimum Gasteiger partial charge on any atom is -0.451 e. The molecule has 0 saturated heterocycles. The number of hydrogen-bond donors (Lipinski definition) is 1. The standard InChI is InChI=1S/C19H20ClNO2/c20-15-1-2-16-12(8-15)9-17(23-16)19(22)21-18-13-4-10-3-11(6-13)7-14(18)5-10/h1-2,8-11,13-14,18H,3-7H2,(H,21,22). The van der Waals surface area contributed by atoms with Gasteiger partial charge in [-0.25, -0.2) is 0 Å². The van der Waals surface area contributed by atoms with Gasteiger partial charge in [-0.1, -0.05) is 11.6 Å². The van der Waals surface area contributed by atoms with Crippen LogP contribution in [-0.2, 0) is 0 Å². The van der Waals surface area contributed by atoms with E-state index < -0.39 is 0 Å². The van der Waals surface area contributed by atoms with Gasteiger partial charge in [-0.2, -0.15) is 0 Å². The van der Waals surface area contributed by atoms with Gasteiger partial charge in [0.05, 0.1) is 0 Å². The minimum atomic E-state index is -0.0743. The van der Waals surface area contributed by atoms with E-state index in [1.54, 1.807) is 12.1 Å². The van der Waals surface area contributed by atoms with E-state index >= 15 is 0 Å². The SMILES string of the molecule is O=C(NC1C2CC3CC(C2)CC1C3)c1cc2cc(Cl)ccc2o1. The summed E-state index contributed by atoms with van der Waals surface area (Å²) in [5.74, 6) is 3.51. The Morgan fingerprint density at radius 3 is 2.43 bits per heavy atom. The summed E-state index contributed by atoms with van der Waals surface area (Å²) in [6.45, 7) is 0. The molecule has 4 bridgehead atoms. The molecule has 4 saturated carbocycles. The summed E-state index contributed by atoms with van der Waals surface area (Å²) in [4.78, 5) is 12.7. The summed E-state index contributed by atoms with van der Waals surface area (Å²) < 4.78 is 5.71. The number of carbonyl (C=O) groups excluding carboxylic acids is 1. The lowest BCUT2D eigenvalue weighted by atomic mass is 9.54. The summed E-state index contributed by atoms with van der Waals surface area (Å²) in [6, 6.07) is 7.57. The predicted octanol–water partition coefficient (Wildman–Crippen LogP) is 4.64. The number of benzene rings is 1. The highest BCUT2D eigenvalue weighted by atomic mass is 35.5. The van der Waals surface area contributed by atoms with Crippen molar-refractivity contribution in [2.24, 2.45) is 23.7 Å². The van der Waals surface area contributed by atoms with Gasteiger partial charge in [-0.3, -0.25) is 4.79 Å². The van der Waals surface area contributed by atoms with Crippen LogP contribution in [0.3, 0.4) is 0 Å². The van der Waals surface area contributed by atoms with Gasteiger partial charge >= 0.3 is 0 Å². The Balaban J connectivity index is 1.38. The van der Waals surface area contributed by atoms with Crippen LogP contribution in [0.4, 0.5) is 0 Å². The van der Waals surface area contributed by atoms with Gasteiger partial charge in [-0.05, 0) is 80.0 Å². The average molecular weight is 330 g/mol. The van der Waals surface area contributed by atoms with Gasteiger partial charge in [0.2, 0.25) is 0 Å². The van der Waals surface area contributed by atoms with Crippen LogP contribution in [0.2, 0.25) is 5.02 Å². The normalized spacial score (nSPS) is 34.9. The first-order chi connectivity index (χ1) is 11.2.